The molecule has 8 heteroatoms. The molecule has 0 spiro atoms. The average molecular weight is 391 g/mol. The molecule has 24 heavy (non-hydrogen) atoms. The molecule has 0 aromatic heterocycles. The molecule has 0 fully saturated rings. The maximum atomic E-state index is 13.7. The quantitative estimate of drug-likeness (QED) is 0.750. The first-order chi connectivity index (χ1) is 11.3. The maximum Gasteiger partial charge on any atom is 0.340 e. The Morgan fingerprint density at radius 3 is 2.33 bits per heavy atom. The van der Waals surface area contributed by atoms with Crippen molar-refractivity contribution in [1.29, 1.82) is 0 Å². The highest BCUT2D eigenvalue weighted by atomic mass is 35.5. The zero-order valence-corrected chi connectivity index (χ0v) is 14.5. The number of rotatable bonds is 4. The SMILES string of the molecule is CC(OC(=O)c1ccc(Cl)cc1Cl)C(=O)Nc1ccc(Cl)cc1F. The van der Waals surface area contributed by atoms with Crippen LogP contribution in [0.15, 0.2) is 36.4 Å². The lowest BCUT2D eigenvalue weighted by atomic mass is 10.2. The Hall–Kier alpha value is -1.82. The predicted octanol–water partition coefficient (Wildman–Crippen LogP) is 4.97. The lowest BCUT2D eigenvalue weighted by Gasteiger charge is -2.14. The Labute approximate surface area is 152 Å². The number of hydrogen-bond acceptors (Lipinski definition) is 3. The third kappa shape index (κ3) is 4.60. The average Bonchev–Trinajstić information content (AvgIpc) is 2.49. The summed E-state index contributed by atoms with van der Waals surface area (Å²) in [5, 5.41) is 2.97. The molecule has 2 rings (SSSR count). The second-order valence-electron chi connectivity index (χ2n) is 4.79. The van der Waals surface area contributed by atoms with Crippen LogP contribution in [0.4, 0.5) is 10.1 Å². The van der Waals surface area contributed by atoms with Crippen molar-refractivity contribution in [2.75, 3.05) is 5.32 Å². The fraction of sp³-hybridized carbons (Fsp3) is 0.125. The molecule has 0 aliphatic heterocycles. The molecule has 0 heterocycles. The van der Waals surface area contributed by atoms with Crippen molar-refractivity contribution >= 4 is 52.4 Å². The second kappa shape index (κ2) is 7.83. The summed E-state index contributed by atoms with van der Waals surface area (Å²) in [5.74, 6) is -2.19. The van der Waals surface area contributed by atoms with E-state index in [0.717, 1.165) is 6.07 Å². The zero-order chi connectivity index (χ0) is 17.9. The fourth-order valence-electron chi connectivity index (χ4n) is 1.76. The van der Waals surface area contributed by atoms with Crippen LogP contribution in [0.2, 0.25) is 15.1 Å². The number of carbonyl (C=O) groups is 2. The van der Waals surface area contributed by atoms with Crippen LogP contribution in [0.3, 0.4) is 0 Å². The summed E-state index contributed by atoms with van der Waals surface area (Å²) in [6.07, 6.45) is -1.17. The summed E-state index contributed by atoms with van der Waals surface area (Å²) in [7, 11) is 0. The summed E-state index contributed by atoms with van der Waals surface area (Å²) in [6, 6.07) is 8.02. The number of benzene rings is 2. The molecular weight excluding hydrogens is 380 g/mol. The monoisotopic (exact) mass is 389 g/mol. The summed E-state index contributed by atoms with van der Waals surface area (Å²) >= 11 is 17.3. The van der Waals surface area contributed by atoms with Crippen LogP contribution in [0.25, 0.3) is 0 Å². The predicted molar refractivity (Wildman–Crippen MR) is 91.4 cm³/mol. The van der Waals surface area contributed by atoms with Crippen LogP contribution in [-0.4, -0.2) is 18.0 Å². The van der Waals surface area contributed by atoms with Gasteiger partial charge in [0, 0.05) is 10.0 Å². The summed E-state index contributed by atoms with van der Waals surface area (Å²) in [6.45, 7) is 1.35. The second-order valence-corrected chi connectivity index (χ2v) is 6.07. The fourth-order valence-corrected chi connectivity index (χ4v) is 2.40. The number of hydrogen-bond donors (Lipinski definition) is 1. The summed E-state index contributed by atoms with van der Waals surface area (Å²) < 4.78 is 18.7. The highest BCUT2D eigenvalue weighted by molar-refractivity contribution is 6.36. The number of nitrogens with one attached hydrogen (secondary N) is 1. The van der Waals surface area contributed by atoms with Gasteiger partial charge in [0.25, 0.3) is 5.91 Å². The Balaban J connectivity index is 2.04. The van der Waals surface area contributed by atoms with E-state index in [1.54, 1.807) is 0 Å². The molecule has 1 atom stereocenters. The molecule has 0 saturated heterocycles. The van der Waals surface area contributed by atoms with E-state index in [9.17, 15) is 14.0 Å². The van der Waals surface area contributed by atoms with Gasteiger partial charge >= 0.3 is 5.97 Å². The molecule has 1 N–H and O–H groups in total. The van der Waals surface area contributed by atoms with Gasteiger partial charge in [-0.05, 0) is 43.3 Å². The summed E-state index contributed by atoms with van der Waals surface area (Å²) in [4.78, 5) is 24.0. The minimum absolute atomic E-state index is 0.0680. The molecule has 0 bridgehead atoms. The van der Waals surface area contributed by atoms with Crippen LogP contribution in [0.5, 0.6) is 0 Å². The Morgan fingerprint density at radius 1 is 1.08 bits per heavy atom. The van der Waals surface area contributed by atoms with Gasteiger partial charge in [-0.3, -0.25) is 4.79 Å². The minimum atomic E-state index is -1.17. The molecular formula is C16H11Cl3FNO3. The summed E-state index contributed by atoms with van der Waals surface area (Å²) in [5.41, 5.74) is -0.00443. The number of carbonyl (C=O) groups excluding carboxylic acids is 2. The first-order valence-corrected chi connectivity index (χ1v) is 7.83. The van der Waals surface area contributed by atoms with E-state index in [1.165, 1.54) is 37.3 Å². The molecule has 0 aliphatic carbocycles. The number of anilines is 1. The van der Waals surface area contributed by atoms with Gasteiger partial charge in [-0.25, -0.2) is 9.18 Å². The Kier molecular flexibility index (Phi) is 6.04. The third-order valence-corrected chi connectivity index (χ3v) is 3.78. The molecule has 0 radical (unpaired) electrons. The van der Waals surface area contributed by atoms with Gasteiger partial charge in [-0.15, -0.1) is 0 Å². The Bertz CT molecular complexity index is 798. The van der Waals surface area contributed by atoms with Gasteiger partial charge in [-0.2, -0.15) is 0 Å². The van der Waals surface area contributed by atoms with E-state index >= 15 is 0 Å². The lowest BCUT2D eigenvalue weighted by Crippen LogP contribution is -2.30. The van der Waals surface area contributed by atoms with E-state index in [1.807, 2.05) is 0 Å². The van der Waals surface area contributed by atoms with Gasteiger partial charge in [0.2, 0.25) is 0 Å². The smallest absolute Gasteiger partial charge is 0.340 e. The number of ether oxygens (including phenoxy) is 1. The first kappa shape index (κ1) is 18.5. The van der Waals surface area contributed by atoms with Crippen molar-refractivity contribution in [1.82, 2.24) is 0 Å². The van der Waals surface area contributed by atoms with Crippen LogP contribution < -0.4 is 5.32 Å². The van der Waals surface area contributed by atoms with Crippen molar-refractivity contribution in [2.45, 2.75) is 13.0 Å². The van der Waals surface area contributed by atoms with Crippen molar-refractivity contribution in [3.05, 3.63) is 62.8 Å². The van der Waals surface area contributed by atoms with Gasteiger partial charge in [0.05, 0.1) is 16.3 Å². The molecule has 4 nitrogen and oxygen atoms in total. The van der Waals surface area contributed by atoms with Crippen LogP contribution in [-0.2, 0) is 9.53 Å². The largest absolute Gasteiger partial charge is 0.449 e. The van der Waals surface area contributed by atoms with Crippen molar-refractivity contribution in [2.24, 2.45) is 0 Å². The standard InChI is InChI=1S/C16H11Cl3FNO3/c1-8(15(22)21-14-5-3-10(18)7-13(14)20)24-16(23)11-4-2-9(17)6-12(11)19/h2-8H,1H3,(H,21,22). The van der Waals surface area contributed by atoms with Gasteiger partial charge < -0.3 is 10.1 Å². The highest BCUT2D eigenvalue weighted by Gasteiger charge is 2.21. The van der Waals surface area contributed by atoms with Crippen molar-refractivity contribution < 1.29 is 18.7 Å². The maximum absolute atomic E-state index is 13.7. The molecule has 1 amide bonds. The van der Waals surface area contributed by atoms with E-state index in [4.69, 9.17) is 39.5 Å². The zero-order valence-electron chi connectivity index (χ0n) is 12.3. The van der Waals surface area contributed by atoms with Crippen molar-refractivity contribution in [3.63, 3.8) is 0 Å². The van der Waals surface area contributed by atoms with E-state index in [-0.39, 0.29) is 21.3 Å². The normalized spacial score (nSPS) is 11.7. The molecule has 2 aromatic carbocycles. The van der Waals surface area contributed by atoms with E-state index < -0.39 is 23.8 Å². The molecule has 126 valence electrons. The highest BCUT2D eigenvalue weighted by Crippen LogP contribution is 2.23. The molecule has 0 aliphatic rings. The lowest BCUT2D eigenvalue weighted by molar-refractivity contribution is -0.123. The Morgan fingerprint density at radius 2 is 1.71 bits per heavy atom. The minimum Gasteiger partial charge on any atom is -0.449 e. The third-order valence-electron chi connectivity index (χ3n) is 2.99. The molecule has 0 saturated carbocycles. The van der Waals surface area contributed by atoms with Crippen LogP contribution in [0, 0.1) is 5.82 Å². The molecule has 1 unspecified atom stereocenters. The van der Waals surface area contributed by atoms with Gasteiger partial charge in [0.1, 0.15) is 5.82 Å². The molecule has 2 aromatic rings. The van der Waals surface area contributed by atoms with E-state index in [2.05, 4.69) is 5.32 Å². The van der Waals surface area contributed by atoms with Gasteiger partial charge in [0.15, 0.2) is 6.10 Å². The van der Waals surface area contributed by atoms with E-state index in [0.29, 0.717) is 5.02 Å². The number of amides is 1. The number of halogens is 4. The van der Waals surface area contributed by atoms with Crippen LogP contribution >= 0.6 is 34.8 Å². The van der Waals surface area contributed by atoms with Gasteiger partial charge in [-0.1, -0.05) is 34.8 Å². The first-order valence-electron chi connectivity index (χ1n) is 6.70. The van der Waals surface area contributed by atoms with Crippen molar-refractivity contribution in [3.8, 4) is 0 Å². The topological polar surface area (TPSA) is 55.4 Å². The number of esters is 1. The van der Waals surface area contributed by atoms with Crippen LogP contribution in [0.1, 0.15) is 17.3 Å².